The fourth-order valence-corrected chi connectivity index (χ4v) is 4.43. The number of nitrogens with one attached hydrogen (secondary N) is 2. The van der Waals surface area contributed by atoms with Gasteiger partial charge in [0.1, 0.15) is 0 Å². The van der Waals surface area contributed by atoms with Crippen molar-refractivity contribution in [2.45, 2.75) is 11.4 Å². The van der Waals surface area contributed by atoms with Crippen LogP contribution in [0.4, 0.5) is 10.7 Å². The smallest absolute Gasteiger partial charge is 0.393 e. The number of nitrogens with two attached hydrogens (primary N) is 1. The number of sulfone groups is 1. The third-order valence-corrected chi connectivity index (χ3v) is 6.47. The first-order valence-electron chi connectivity index (χ1n) is 10.1. The van der Waals surface area contributed by atoms with Crippen LogP contribution in [0.25, 0.3) is 22.4 Å². The summed E-state index contributed by atoms with van der Waals surface area (Å²) >= 11 is 12.3. The molecule has 0 saturated heterocycles. The lowest BCUT2D eigenvalue weighted by molar-refractivity contribution is 0.198. The van der Waals surface area contributed by atoms with Gasteiger partial charge in [-0.15, -0.1) is 0 Å². The van der Waals surface area contributed by atoms with Gasteiger partial charge in [-0.2, -0.15) is 0 Å². The van der Waals surface area contributed by atoms with Crippen LogP contribution in [-0.4, -0.2) is 35.7 Å². The lowest BCUT2D eigenvalue weighted by Gasteiger charge is -2.09. The number of rotatable bonds is 6. The number of hydrogen-bond acceptors (Lipinski definition) is 7. The maximum absolute atomic E-state index is 12.3. The van der Waals surface area contributed by atoms with E-state index in [1.165, 1.54) is 12.1 Å². The Balaban J connectivity index is 1.48. The molecule has 0 fully saturated rings. The molecule has 2 heterocycles. The summed E-state index contributed by atoms with van der Waals surface area (Å²) in [6.07, 6.45) is 3.61. The van der Waals surface area contributed by atoms with Gasteiger partial charge >= 0.3 is 6.09 Å². The molecule has 9 nitrogen and oxygen atoms in total. The summed E-state index contributed by atoms with van der Waals surface area (Å²) in [4.78, 5) is 23.7. The molecule has 4 rings (SSSR count). The molecule has 0 saturated carbocycles. The van der Waals surface area contributed by atoms with Crippen LogP contribution >= 0.6 is 23.2 Å². The molecule has 0 atom stereocenters. The maximum Gasteiger partial charge on any atom is 0.414 e. The van der Waals surface area contributed by atoms with Crippen LogP contribution < -0.4 is 15.8 Å². The van der Waals surface area contributed by atoms with Gasteiger partial charge in [0, 0.05) is 52.4 Å². The van der Waals surface area contributed by atoms with Crippen molar-refractivity contribution in [3.63, 3.8) is 0 Å². The molecule has 0 spiro atoms. The summed E-state index contributed by atoms with van der Waals surface area (Å²) < 4.78 is 28.4. The van der Waals surface area contributed by atoms with Crippen LogP contribution in [0.3, 0.4) is 0 Å². The summed E-state index contributed by atoms with van der Waals surface area (Å²) in [6.45, 7) is 0.151. The Kier molecular flexibility index (Phi) is 6.97. The van der Waals surface area contributed by atoms with Gasteiger partial charge in [0.05, 0.1) is 10.6 Å². The van der Waals surface area contributed by atoms with E-state index in [1.54, 1.807) is 48.8 Å². The number of nitrogen functional groups attached to an aromatic ring is 1. The molecule has 35 heavy (non-hydrogen) atoms. The number of nitrogens with zero attached hydrogens (tertiary/aromatic N) is 2. The Morgan fingerprint density at radius 3 is 2.43 bits per heavy atom. The zero-order chi connectivity index (χ0) is 25.2. The van der Waals surface area contributed by atoms with Crippen molar-refractivity contribution in [2.24, 2.45) is 0 Å². The molecule has 12 heteroatoms. The Morgan fingerprint density at radius 2 is 1.77 bits per heavy atom. The van der Waals surface area contributed by atoms with E-state index < -0.39 is 15.9 Å². The first-order chi connectivity index (χ1) is 16.6. The molecule has 2 aromatic heterocycles. The number of anilines is 1. The number of aromatic nitrogens is 3. The highest BCUT2D eigenvalue weighted by Gasteiger charge is 2.15. The Hall–Kier alpha value is -3.60. The second-order valence-electron chi connectivity index (χ2n) is 7.56. The van der Waals surface area contributed by atoms with E-state index >= 15 is 0 Å². The van der Waals surface area contributed by atoms with Crippen LogP contribution in [0.5, 0.6) is 5.88 Å². The molecular weight excluding hydrogens is 513 g/mol. The van der Waals surface area contributed by atoms with Gasteiger partial charge in [0.15, 0.2) is 9.84 Å². The molecule has 2 aromatic carbocycles. The van der Waals surface area contributed by atoms with Crippen LogP contribution in [0.15, 0.2) is 65.8 Å². The van der Waals surface area contributed by atoms with Crippen molar-refractivity contribution < 1.29 is 17.9 Å². The SMILES string of the molecule is CS(=O)(=O)c1ccc(CNC(=O)Oc2cc(-c3nc(N)ncc3-c3cc(Cl)cc(Cl)c3)c[nH]2)cc1. The molecule has 180 valence electrons. The second kappa shape index (κ2) is 9.95. The zero-order valence-electron chi connectivity index (χ0n) is 18.2. The largest absolute Gasteiger partial charge is 0.414 e. The monoisotopic (exact) mass is 531 g/mol. The predicted octanol–water partition coefficient (Wildman–Crippen LogP) is 4.72. The lowest BCUT2D eigenvalue weighted by atomic mass is 10.0. The third-order valence-electron chi connectivity index (χ3n) is 4.90. The third kappa shape index (κ3) is 6.10. The molecule has 0 aliphatic rings. The predicted molar refractivity (Wildman–Crippen MR) is 134 cm³/mol. The molecule has 1 amide bonds. The molecule has 0 radical (unpaired) electrons. The van der Waals surface area contributed by atoms with Crippen molar-refractivity contribution in [3.8, 4) is 28.3 Å². The minimum atomic E-state index is -3.29. The first kappa shape index (κ1) is 24.5. The van der Waals surface area contributed by atoms with Gasteiger partial charge in [0.25, 0.3) is 0 Å². The number of halogens is 2. The van der Waals surface area contributed by atoms with Crippen molar-refractivity contribution in [3.05, 3.63) is 76.5 Å². The van der Waals surface area contributed by atoms with E-state index in [0.717, 1.165) is 6.26 Å². The van der Waals surface area contributed by atoms with Gasteiger partial charge in [-0.1, -0.05) is 35.3 Å². The summed E-state index contributed by atoms with van der Waals surface area (Å²) in [5, 5.41) is 3.52. The van der Waals surface area contributed by atoms with E-state index in [2.05, 4.69) is 20.3 Å². The van der Waals surface area contributed by atoms with E-state index in [-0.39, 0.29) is 23.3 Å². The van der Waals surface area contributed by atoms with Crippen LogP contribution in [0.1, 0.15) is 5.56 Å². The van der Waals surface area contributed by atoms with Crippen LogP contribution in [0.2, 0.25) is 10.0 Å². The van der Waals surface area contributed by atoms with Gasteiger partial charge in [-0.3, -0.25) is 0 Å². The Morgan fingerprint density at radius 1 is 1.09 bits per heavy atom. The number of hydrogen-bond donors (Lipinski definition) is 3. The second-order valence-corrected chi connectivity index (χ2v) is 10.4. The average Bonchev–Trinajstić information content (AvgIpc) is 3.25. The molecule has 0 aliphatic heterocycles. The number of aromatic amines is 1. The van der Waals surface area contributed by atoms with Gasteiger partial charge in [-0.05, 0) is 41.5 Å². The average molecular weight is 532 g/mol. The molecule has 4 aromatic rings. The molecule has 4 N–H and O–H groups in total. The highest BCUT2D eigenvalue weighted by Crippen LogP contribution is 2.34. The van der Waals surface area contributed by atoms with E-state index in [9.17, 15) is 13.2 Å². The molecule has 0 bridgehead atoms. The molecule has 0 unspecified atom stereocenters. The number of H-pyrrole nitrogens is 1. The Bertz CT molecular complexity index is 1480. The van der Waals surface area contributed by atoms with Crippen LogP contribution in [-0.2, 0) is 16.4 Å². The lowest BCUT2D eigenvalue weighted by Crippen LogP contribution is -2.26. The van der Waals surface area contributed by atoms with Crippen molar-refractivity contribution in [2.75, 3.05) is 12.0 Å². The minimum absolute atomic E-state index is 0.0696. The van der Waals surface area contributed by atoms with Crippen LogP contribution in [0, 0.1) is 0 Å². The fraction of sp³-hybridized carbons (Fsp3) is 0.0870. The Labute approximate surface area is 211 Å². The zero-order valence-corrected chi connectivity index (χ0v) is 20.6. The normalized spacial score (nSPS) is 11.3. The quantitative estimate of drug-likeness (QED) is 0.326. The maximum atomic E-state index is 12.3. The molecular formula is C23H19Cl2N5O4S. The number of amides is 1. The summed E-state index contributed by atoms with van der Waals surface area (Å²) in [6, 6.07) is 12.9. The van der Waals surface area contributed by atoms with Gasteiger partial charge in [0.2, 0.25) is 11.8 Å². The van der Waals surface area contributed by atoms with Gasteiger partial charge in [-0.25, -0.2) is 23.2 Å². The summed E-state index contributed by atoms with van der Waals surface area (Å²) in [5.41, 5.74) is 8.94. The first-order valence-corrected chi connectivity index (χ1v) is 12.8. The van der Waals surface area contributed by atoms with Crippen molar-refractivity contribution in [1.82, 2.24) is 20.3 Å². The highest BCUT2D eigenvalue weighted by molar-refractivity contribution is 7.90. The number of benzene rings is 2. The molecule has 0 aliphatic carbocycles. The van der Waals surface area contributed by atoms with E-state index in [4.69, 9.17) is 33.7 Å². The topological polar surface area (TPSA) is 140 Å². The highest BCUT2D eigenvalue weighted by atomic mass is 35.5. The van der Waals surface area contributed by atoms with E-state index in [0.29, 0.717) is 38.0 Å². The van der Waals surface area contributed by atoms with E-state index in [1.807, 2.05) is 0 Å². The van der Waals surface area contributed by atoms with Crippen molar-refractivity contribution >= 4 is 45.1 Å². The standard InChI is InChI=1S/C23H19Cl2N5O4S/c1-35(32,33)18-4-2-13(3-5-18)10-29-23(31)34-20-8-15(11-27-20)21-19(12-28-22(26)30-21)14-6-16(24)9-17(25)7-14/h2-9,11-12,27H,10H2,1H3,(H,29,31)(H2,26,28,30). The number of carbonyl (C=O) groups is 1. The fourth-order valence-electron chi connectivity index (χ4n) is 3.27. The van der Waals surface area contributed by atoms with Crippen molar-refractivity contribution in [1.29, 1.82) is 0 Å². The summed E-state index contributed by atoms with van der Waals surface area (Å²) in [7, 11) is -3.29. The summed E-state index contributed by atoms with van der Waals surface area (Å²) in [5.74, 6) is 0.248. The van der Waals surface area contributed by atoms with Gasteiger partial charge < -0.3 is 20.8 Å². The number of carbonyl (C=O) groups excluding carboxylic acids is 1. The minimum Gasteiger partial charge on any atom is -0.393 e. The number of ether oxygens (including phenoxy) is 1.